The predicted molar refractivity (Wildman–Crippen MR) is 74.4 cm³/mol. The van der Waals surface area contributed by atoms with Gasteiger partial charge in [0, 0.05) is 6.04 Å². The third-order valence-electron chi connectivity index (χ3n) is 2.31. The molecule has 92 valence electrons. The maximum atomic E-state index is 12.3. The summed E-state index contributed by atoms with van der Waals surface area (Å²) in [4.78, 5) is 14.2. The zero-order chi connectivity index (χ0) is 13.0. The molecule has 0 atom stereocenters. The lowest BCUT2D eigenvalue weighted by atomic mass is 10.1. The van der Waals surface area contributed by atoms with Crippen LogP contribution in [0.5, 0.6) is 0 Å². The van der Waals surface area contributed by atoms with Gasteiger partial charge >= 0.3 is 0 Å². The smallest absolute Gasteiger partial charge is 0.255 e. The molecular weight excluding hydrogens is 256 g/mol. The molecule has 0 radical (unpaired) electrons. The lowest BCUT2D eigenvalue weighted by Gasteiger charge is -2.26. The fourth-order valence-corrected chi connectivity index (χ4v) is 1.80. The van der Waals surface area contributed by atoms with Gasteiger partial charge in [-0.25, -0.2) is 0 Å². The Hall–Kier alpha value is -1.13. The van der Waals surface area contributed by atoms with Gasteiger partial charge in [0.05, 0.1) is 22.1 Å². The Labute approximate surface area is 112 Å². The van der Waals surface area contributed by atoms with Gasteiger partial charge in [-0.1, -0.05) is 36.0 Å². The van der Waals surface area contributed by atoms with Crippen molar-refractivity contribution in [1.29, 1.82) is 0 Å². The van der Waals surface area contributed by atoms with Crippen LogP contribution in [-0.4, -0.2) is 28.4 Å². The normalized spacial score (nSPS) is 10.4. The van der Waals surface area contributed by atoms with Gasteiger partial charge in [0.2, 0.25) is 0 Å². The van der Waals surface area contributed by atoms with Gasteiger partial charge in [-0.2, -0.15) is 0 Å². The molecule has 0 aliphatic rings. The van der Waals surface area contributed by atoms with Crippen molar-refractivity contribution < 1.29 is 4.79 Å². The number of hydrogen-bond acceptors (Lipinski definition) is 2. The molecule has 0 unspecified atom stereocenters. The summed E-state index contributed by atoms with van der Waals surface area (Å²) >= 11 is 10.8. The number of benzene rings is 1. The van der Waals surface area contributed by atoms with Gasteiger partial charge in [0.15, 0.2) is 0 Å². The van der Waals surface area contributed by atoms with Crippen LogP contribution in [0.4, 0.5) is 0 Å². The summed E-state index contributed by atoms with van der Waals surface area (Å²) in [6, 6.07) is 6.96. The van der Waals surface area contributed by atoms with E-state index in [-0.39, 0.29) is 18.5 Å². The quantitative estimate of drug-likeness (QED) is 0.855. The predicted octanol–water partition coefficient (Wildman–Crippen LogP) is 2.48. The monoisotopic (exact) mass is 270 g/mol. The van der Waals surface area contributed by atoms with E-state index in [2.05, 4.69) is 0 Å². The highest BCUT2D eigenvalue weighted by Gasteiger charge is 2.20. The summed E-state index contributed by atoms with van der Waals surface area (Å²) in [5.41, 5.74) is 5.96. The lowest BCUT2D eigenvalue weighted by molar-refractivity contribution is 0.0736. The fraction of sp³-hybridized carbons (Fsp3) is 0.333. The second-order valence-corrected chi connectivity index (χ2v) is 4.90. The second-order valence-electron chi connectivity index (χ2n) is 3.97. The number of nitrogens with zero attached hydrogens (tertiary/aromatic N) is 1. The molecule has 17 heavy (non-hydrogen) atoms. The van der Waals surface area contributed by atoms with Crippen molar-refractivity contribution in [2.75, 3.05) is 6.54 Å². The van der Waals surface area contributed by atoms with Crippen LogP contribution < -0.4 is 5.73 Å². The second kappa shape index (κ2) is 5.98. The van der Waals surface area contributed by atoms with Gasteiger partial charge in [-0.15, -0.1) is 0 Å². The third-order valence-corrected chi connectivity index (χ3v) is 2.77. The number of rotatable bonds is 4. The number of amides is 1. The van der Waals surface area contributed by atoms with E-state index in [4.69, 9.17) is 29.6 Å². The minimum atomic E-state index is -0.154. The van der Waals surface area contributed by atoms with E-state index >= 15 is 0 Å². The molecule has 0 spiro atoms. The molecule has 1 rings (SSSR count). The zero-order valence-electron chi connectivity index (χ0n) is 9.81. The summed E-state index contributed by atoms with van der Waals surface area (Å²) in [6.07, 6.45) is 0. The van der Waals surface area contributed by atoms with Crippen LogP contribution in [-0.2, 0) is 0 Å². The molecule has 0 saturated heterocycles. The van der Waals surface area contributed by atoms with Crippen molar-refractivity contribution in [3.05, 3.63) is 34.9 Å². The van der Waals surface area contributed by atoms with Crippen molar-refractivity contribution in [2.45, 2.75) is 19.9 Å². The van der Waals surface area contributed by atoms with Crippen molar-refractivity contribution in [3.63, 3.8) is 0 Å². The molecule has 3 nitrogen and oxygen atoms in total. The lowest BCUT2D eigenvalue weighted by Crippen LogP contribution is -2.42. The molecule has 0 aliphatic carbocycles. The third kappa shape index (κ3) is 3.68. The molecule has 0 aromatic heterocycles. The van der Waals surface area contributed by atoms with Crippen LogP contribution in [0.25, 0.3) is 0 Å². The number of thiocarbonyl (C=S) groups is 1. The Kier molecular flexibility index (Phi) is 4.90. The first-order chi connectivity index (χ1) is 7.93. The molecule has 0 aliphatic heterocycles. The highest BCUT2D eigenvalue weighted by molar-refractivity contribution is 7.80. The van der Waals surface area contributed by atoms with Crippen LogP contribution in [0.15, 0.2) is 24.3 Å². The number of carbonyl (C=O) groups excluding carboxylic acids is 1. The van der Waals surface area contributed by atoms with Crippen molar-refractivity contribution in [3.8, 4) is 0 Å². The molecule has 2 N–H and O–H groups in total. The molecule has 1 aromatic carbocycles. The Morgan fingerprint density at radius 3 is 2.53 bits per heavy atom. The summed E-state index contributed by atoms with van der Waals surface area (Å²) in [6.45, 7) is 4.08. The Bertz CT molecular complexity index is 434. The first kappa shape index (κ1) is 13.9. The van der Waals surface area contributed by atoms with Crippen LogP contribution in [0.1, 0.15) is 24.2 Å². The maximum Gasteiger partial charge on any atom is 0.255 e. The van der Waals surface area contributed by atoms with Crippen LogP contribution >= 0.6 is 23.8 Å². The number of halogens is 1. The molecule has 1 aromatic rings. The molecule has 0 heterocycles. The van der Waals surface area contributed by atoms with Crippen LogP contribution in [0.2, 0.25) is 5.02 Å². The molecule has 0 bridgehead atoms. The van der Waals surface area contributed by atoms with E-state index in [1.807, 2.05) is 13.8 Å². The van der Waals surface area contributed by atoms with Gasteiger partial charge < -0.3 is 10.6 Å². The minimum absolute atomic E-state index is 0.0141. The minimum Gasteiger partial charge on any atom is -0.392 e. The van der Waals surface area contributed by atoms with Gasteiger partial charge in [0.25, 0.3) is 5.91 Å². The Morgan fingerprint density at radius 2 is 2.06 bits per heavy atom. The van der Waals surface area contributed by atoms with E-state index in [9.17, 15) is 4.79 Å². The topological polar surface area (TPSA) is 46.3 Å². The number of hydrogen-bond donors (Lipinski definition) is 1. The zero-order valence-corrected chi connectivity index (χ0v) is 11.4. The molecule has 5 heteroatoms. The molecule has 0 saturated carbocycles. The molecular formula is C12H15ClN2OS. The number of nitrogens with two attached hydrogens (primary N) is 1. The standard InChI is InChI=1S/C12H15ClN2OS/c1-8(2)15(7-11(14)17)12(16)9-5-3-4-6-10(9)13/h3-6,8H,7H2,1-2H3,(H2,14,17). The first-order valence-electron chi connectivity index (χ1n) is 5.27. The van der Waals surface area contributed by atoms with Gasteiger partial charge in [0.1, 0.15) is 0 Å². The van der Waals surface area contributed by atoms with Crippen molar-refractivity contribution >= 4 is 34.7 Å². The van der Waals surface area contributed by atoms with Gasteiger partial charge in [-0.05, 0) is 26.0 Å². The highest BCUT2D eigenvalue weighted by atomic mass is 35.5. The molecule has 0 fully saturated rings. The van der Waals surface area contributed by atoms with Crippen LogP contribution in [0.3, 0.4) is 0 Å². The summed E-state index contributed by atoms with van der Waals surface area (Å²) < 4.78 is 0. The van der Waals surface area contributed by atoms with Crippen molar-refractivity contribution in [1.82, 2.24) is 4.90 Å². The average Bonchev–Trinajstić information content (AvgIpc) is 2.25. The first-order valence-corrected chi connectivity index (χ1v) is 6.06. The SMILES string of the molecule is CC(C)N(CC(N)=S)C(=O)c1ccccc1Cl. The Morgan fingerprint density at radius 1 is 1.47 bits per heavy atom. The average molecular weight is 271 g/mol. The Balaban J connectivity index is 3.00. The van der Waals surface area contributed by atoms with Gasteiger partial charge in [-0.3, -0.25) is 4.79 Å². The fourth-order valence-electron chi connectivity index (χ4n) is 1.45. The van der Waals surface area contributed by atoms with Crippen LogP contribution in [0, 0.1) is 0 Å². The maximum absolute atomic E-state index is 12.3. The van der Waals surface area contributed by atoms with Crippen molar-refractivity contribution in [2.24, 2.45) is 5.73 Å². The highest BCUT2D eigenvalue weighted by Crippen LogP contribution is 2.18. The summed E-state index contributed by atoms with van der Waals surface area (Å²) in [5.74, 6) is -0.154. The summed E-state index contributed by atoms with van der Waals surface area (Å²) in [7, 11) is 0. The summed E-state index contributed by atoms with van der Waals surface area (Å²) in [5, 5.41) is 0.436. The van der Waals surface area contributed by atoms with E-state index in [1.165, 1.54) is 0 Å². The van der Waals surface area contributed by atoms with E-state index in [1.54, 1.807) is 29.2 Å². The largest absolute Gasteiger partial charge is 0.392 e. The van der Waals surface area contributed by atoms with E-state index in [0.29, 0.717) is 15.6 Å². The van der Waals surface area contributed by atoms with E-state index in [0.717, 1.165) is 0 Å². The number of carbonyl (C=O) groups is 1. The molecule has 1 amide bonds. The van der Waals surface area contributed by atoms with E-state index < -0.39 is 0 Å².